The van der Waals surface area contributed by atoms with Crippen LogP contribution in [-0.4, -0.2) is 10.9 Å². The van der Waals surface area contributed by atoms with Crippen molar-refractivity contribution in [2.45, 2.75) is 13.5 Å². The molecule has 2 aromatic rings. The Hall–Kier alpha value is -1.59. The molecule has 1 aromatic carbocycles. The summed E-state index contributed by atoms with van der Waals surface area (Å²) >= 11 is 7.47. The van der Waals surface area contributed by atoms with Gasteiger partial charge < -0.3 is 11.1 Å². The molecule has 3 N–H and O–H groups in total. The molecule has 0 radical (unpaired) electrons. The number of nitrogens with one attached hydrogen (secondary N) is 1. The number of nitrogens with zero attached hydrogens (tertiary/aromatic N) is 1. The molecule has 1 amide bonds. The second-order valence-electron chi connectivity index (χ2n) is 3.80. The SMILES string of the molecule is Cc1csc(CNC(=O)c2ccc(N)cc2Cl)n1. The number of nitrogen functional groups attached to an aromatic ring is 1. The van der Waals surface area contributed by atoms with Gasteiger partial charge in [-0.15, -0.1) is 11.3 Å². The molecule has 0 unspecified atom stereocenters. The number of thiazole rings is 1. The molecule has 18 heavy (non-hydrogen) atoms. The summed E-state index contributed by atoms with van der Waals surface area (Å²) in [4.78, 5) is 16.2. The van der Waals surface area contributed by atoms with E-state index in [0.29, 0.717) is 22.8 Å². The van der Waals surface area contributed by atoms with E-state index >= 15 is 0 Å². The lowest BCUT2D eigenvalue weighted by Crippen LogP contribution is -2.23. The molecule has 0 fully saturated rings. The van der Waals surface area contributed by atoms with Crippen molar-refractivity contribution in [3.8, 4) is 0 Å². The van der Waals surface area contributed by atoms with E-state index in [2.05, 4.69) is 10.3 Å². The van der Waals surface area contributed by atoms with Gasteiger partial charge in [0, 0.05) is 16.8 Å². The zero-order valence-electron chi connectivity index (χ0n) is 9.74. The number of carbonyl (C=O) groups is 1. The lowest BCUT2D eigenvalue weighted by atomic mass is 10.2. The minimum atomic E-state index is -0.229. The van der Waals surface area contributed by atoms with Crippen LogP contribution in [0.15, 0.2) is 23.6 Å². The quantitative estimate of drug-likeness (QED) is 0.850. The minimum absolute atomic E-state index is 0.229. The molecule has 94 valence electrons. The van der Waals surface area contributed by atoms with Crippen molar-refractivity contribution in [2.24, 2.45) is 0 Å². The zero-order valence-corrected chi connectivity index (χ0v) is 11.3. The van der Waals surface area contributed by atoms with Crippen LogP contribution in [0.25, 0.3) is 0 Å². The number of halogens is 1. The van der Waals surface area contributed by atoms with Crippen molar-refractivity contribution in [1.82, 2.24) is 10.3 Å². The van der Waals surface area contributed by atoms with E-state index in [-0.39, 0.29) is 5.91 Å². The van der Waals surface area contributed by atoms with Gasteiger partial charge in [-0.3, -0.25) is 4.79 Å². The second-order valence-corrected chi connectivity index (χ2v) is 5.15. The first-order chi connectivity index (χ1) is 8.56. The van der Waals surface area contributed by atoms with Gasteiger partial charge in [-0.2, -0.15) is 0 Å². The van der Waals surface area contributed by atoms with Gasteiger partial charge in [0.25, 0.3) is 5.91 Å². The number of rotatable bonds is 3. The van der Waals surface area contributed by atoms with E-state index in [9.17, 15) is 4.79 Å². The number of aryl methyl sites for hydroxylation is 1. The van der Waals surface area contributed by atoms with Crippen molar-refractivity contribution in [3.63, 3.8) is 0 Å². The summed E-state index contributed by atoms with van der Waals surface area (Å²) in [6, 6.07) is 4.82. The summed E-state index contributed by atoms with van der Waals surface area (Å²) in [5.41, 5.74) is 7.47. The molecule has 0 aliphatic heterocycles. The molecule has 0 saturated heterocycles. The van der Waals surface area contributed by atoms with E-state index in [1.807, 2.05) is 12.3 Å². The van der Waals surface area contributed by atoms with Gasteiger partial charge in [-0.25, -0.2) is 4.98 Å². The molecule has 0 aliphatic carbocycles. The van der Waals surface area contributed by atoms with Crippen molar-refractivity contribution in [1.29, 1.82) is 0 Å². The molecule has 1 aromatic heterocycles. The lowest BCUT2D eigenvalue weighted by molar-refractivity contribution is 0.0951. The minimum Gasteiger partial charge on any atom is -0.399 e. The standard InChI is InChI=1S/C12H12ClN3OS/c1-7-6-18-11(16-7)5-15-12(17)9-3-2-8(14)4-10(9)13/h2-4,6H,5,14H2,1H3,(H,15,17). The summed E-state index contributed by atoms with van der Waals surface area (Å²) in [5, 5.41) is 5.93. The second kappa shape index (κ2) is 5.37. The van der Waals surface area contributed by atoms with Crippen LogP contribution in [0, 0.1) is 6.92 Å². The highest BCUT2D eigenvalue weighted by Crippen LogP contribution is 2.19. The fourth-order valence-corrected chi connectivity index (χ4v) is 2.44. The molecule has 0 atom stereocenters. The summed E-state index contributed by atoms with van der Waals surface area (Å²) in [6.07, 6.45) is 0. The van der Waals surface area contributed by atoms with Crippen LogP contribution in [-0.2, 0) is 6.54 Å². The Kier molecular flexibility index (Phi) is 3.84. The van der Waals surface area contributed by atoms with Gasteiger partial charge in [0.2, 0.25) is 0 Å². The third-order valence-electron chi connectivity index (χ3n) is 2.30. The first kappa shape index (κ1) is 12.9. The molecular weight excluding hydrogens is 270 g/mol. The molecule has 2 rings (SSSR count). The van der Waals surface area contributed by atoms with Crippen LogP contribution in [0.3, 0.4) is 0 Å². The molecule has 6 heteroatoms. The number of aromatic nitrogens is 1. The van der Waals surface area contributed by atoms with E-state index < -0.39 is 0 Å². The van der Waals surface area contributed by atoms with Crippen molar-refractivity contribution >= 4 is 34.5 Å². The Morgan fingerprint density at radius 3 is 2.94 bits per heavy atom. The molecule has 0 aliphatic rings. The Morgan fingerprint density at radius 2 is 2.33 bits per heavy atom. The molecule has 0 saturated carbocycles. The number of amides is 1. The molecular formula is C12H12ClN3OS. The number of anilines is 1. The predicted molar refractivity (Wildman–Crippen MR) is 73.9 cm³/mol. The third kappa shape index (κ3) is 3.00. The zero-order chi connectivity index (χ0) is 13.1. The Labute approximate surface area is 114 Å². The highest BCUT2D eigenvalue weighted by molar-refractivity contribution is 7.09. The van der Waals surface area contributed by atoms with Gasteiger partial charge in [0.05, 0.1) is 17.1 Å². The average Bonchev–Trinajstić information content (AvgIpc) is 2.72. The molecule has 4 nitrogen and oxygen atoms in total. The van der Waals surface area contributed by atoms with Gasteiger partial charge in [-0.05, 0) is 25.1 Å². The van der Waals surface area contributed by atoms with Crippen LogP contribution in [0.1, 0.15) is 21.1 Å². The van der Waals surface area contributed by atoms with Gasteiger partial charge in [-0.1, -0.05) is 11.6 Å². The number of benzene rings is 1. The smallest absolute Gasteiger partial charge is 0.253 e. The maximum atomic E-state index is 11.9. The number of nitrogens with two attached hydrogens (primary N) is 1. The lowest BCUT2D eigenvalue weighted by Gasteiger charge is -2.05. The normalized spacial score (nSPS) is 10.3. The van der Waals surface area contributed by atoms with E-state index in [0.717, 1.165) is 10.7 Å². The number of hydrogen-bond acceptors (Lipinski definition) is 4. The van der Waals surface area contributed by atoms with E-state index in [1.165, 1.54) is 11.3 Å². The Bertz CT molecular complexity index is 582. The number of hydrogen-bond donors (Lipinski definition) is 2. The Morgan fingerprint density at radius 1 is 1.56 bits per heavy atom. The summed E-state index contributed by atoms with van der Waals surface area (Å²) < 4.78 is 0. The first-order valence-corrected chi connectivity index (χ1v) is 6.56. The molecule has 1 heterocycles. The highest BCUT2D eigenvalue weighted by atomic mass is 35.5. The average molecular weight is 282 g/mol. The number of carbonyl (C=O) groups excluding carboxylic acids is 1. The van der Waals surface area contributed by atoms with Crippen LogP contribution < -0.4 is 11.1 Å². The summed E-state index contributed by atoms with van der Waals surface area (Å²) in [6.45, 7) is 2.32. The maximum Gasteiger partial charge on any atom is 0.253 e. The molecule has 0 spiro atoms. The highest BCUT2D eigenvalue weighted by Gasteiger charge is 2.10. The maximum absolute atomic E-state index is 11.9. The first-order valence-electron chi connectivity index (χ1n) is 5.30. The van der Waals surface area contributed by atoms with Crippen molar-refractivity contribution in [2.75, 3.05) is 5.73 Å². The molecule has 0 bridgehead atoms. The van der Waals surface area contributed by atoms with Gasteiger partial charge in [0.1, 0.15) is 5.01 Å². The Balaban J connectivity index is 2.03. The van der Waals surface area contributed by atoms with Crippen LogP contribution >= 0.6 is 22.9 Å². The largest absolute Gasteiger partial charge is 0.399 e. The van der Waals surface area contributed by atoms with Crippen LogP contribution in [0.4, 0.5) is 5.69 Å². The topological polar surface area (TPSA) is 68.0 Å². The summed E-state index contributed by atoms with van der Waals surface area (Å²) in [7, 11) is 0. The van der Waals surface area contributed by atoms with Crippen LogP contribution in [0.2, 0.25) is 5.02 Å². The van der Waals surface area contributed by atoms with Gasteiger partial charge in [0.15, 0.2) is 0 Å². The fourth-order valence-electron chi connectivity index (χ4n) is 1.45. The monoisotopic (exact) mass is 281 g/mol. The third-order valence-corrected chi connectivity index (χ3v) is 3.58. The van der Waals surface area contributed by atoms with Gasteiger partial charge >= 0.3 is 0 Å². The predicted octanol–water partition coefficient (Wildman–Crippen LogP) is 2.62. The fraction of sp³-hybridized carbons (Fsp3) is 0.167. The summed E-state index contributed by atoms with van der Waals surface area (Å²) in [5.74, 6) is -0.229. The van der Waals surface area contributed by atoms with Crippen LogP contribution in [0.5, 0.6) is 0 Å². The van der Waals surface area contributed by atoms with Crippen molar-refractivity contribution in [3.05, 3.63) is 44.9 Å². The van der Waals surface area contributed by atoms with E-state index in [4.69, 9.17) is 17.3 Å². The van der Waals surface area contributed by atoms with E-state index in [1.54, 1.807) is 18.2 Å². The van der Waals surface area contributed by atoms with Crippen molar-refractivity contribution < 1.29 is 4.79 Å².